The van der Waals surface area contributed by atoms with Gasteiger partial charge in [0.1, 0.15) is 21.4 Å². The molecule has 0 atom stereocenters. The summed E-state index contributed by atoms with van der Waals surface area (Å²) in [7, 11) is 3.79. The van der Waals surface area contributed by atoms with Crippen LogP contribution in [0.5, 0.6) is 0 Å². The van der Waals surface area contributed by atoms with Gasteiger partial charge in [-0.25, -0.2) is 15.0 Å². The number of aromatic nitrogens is 4. The lowest BCUT2D eigenvalue weighted by Crippen LogP contribution is -1.95. The van der Waals surface area contributed by atoms with Gasteiger partial charge in [-0.3, -0.25) is 0 Å². The summed E-state index contributed by atoms with van der Waals surface area (Å²) in [6, 6.07) is 0. The zero-order chi connectivity index (χ0) is 10.4. The van der Waals surface area contributed by atoms with E-state index in [-0.39, 0.29) is 0 Å². The summed E-state index contributed by atoms with van der Waals surface area (Å²) >= 11 is 1.42. The van der Waals surface area contributed by atoms with Crippen molar-refractivity contribution in [2.45, 2.75) is 0 Å². The van der Waals surface area contributed by atoms with Crippen molar-refractivity contribution in [1.29, 1.82) is 0 Å². The summed E-state index contributed by atoms with van der Waals surface area (Å²) in [5, 5.41) is 3.04. The van der Waals surface area contributed by atoms with Crippen molar-refractivity contribution in [1.82, 2.24) is 19.5 Å². The lowest BCUT2D eigenvalue weighted by molar-refractivity contribution is 0.949. The molecule has 3 aromatic rings. The SMILES string of the molecule is CNc1nc2s[c]nc2c2c1ncn2C. The van der Waals surface area contributed by atoms with E-state index < -0.39 is 0 Å². The van der Waals surface area contributed by atoms with Crippen LogP contribution in [0.15, 0.2) is 6.33 Å². The average Bonchev–Trinajstić information content (AvgIpc) is 2.83. The summed E-state index contributed by atoms with van der Waals surface area (Å²) < 4.78 is 1.95. The van der Waals surface area contributed by atoms with E-state index in [1.165, 1.54) is 11.3 Å². The van der Waals surface area contributed by atoms with E-state index in [0.717, 1.165) is 27.2 Å². The maximum absolute atomic E-state index is 4.43. The van der Waals surface area contributed by atoms with E-state index in [9.17, 15) is 0 Å². The van der Waals surface area contributed by atoms with Crippen LogP contribution < -0.4 is 5.32 Å². The minimum atomic E-state index is 0.788. The number of fused-ring (bicyclic) bond motifs is 3. The molecule has 75 valence electrons. The lowest BCUT2D eigenvalue weighted by Gasteiger charge is -2.01. The molecule has 0 saturated carbocycles. The minimum absolute atomic E-state index is 0.788. The highest BCUT2D eigenvalue weighted by atomic mass is 32.1. The highest BCUT2D eigenvalue weighted by Gasteiger charge is 2.13. The van der Waals surface area contributed by atoms with Crippen LogP contribution in [-0.2, 0) is 7.05 Å². The zero-order valence-electron chi connectivity index (χ0n) is 8.27. The number of hydrogen-bond acceptors (Lipinski definition) is 5. The van der Waals surface area contributed by atoms with Crippen molar-refractivity contribution in [2.75, 3.05) is 12.4 Å². The molecule has 0 fully saturated rings. The van der Waals surface area contributed by atoms with Gasteiger partial charge in [-0.1, -0.05) is 11.3 Å². The highest BCUT2D eigenvalue weighted by molar-refractivity contribution is 7.16. The van der Waals surface area contributed by atoms with Crippen LogP contribution in [0.1, 0.15) is 0 Å². The number of nitrogens with one attached hydrogen (secondary N) is 1. The molecule has 0 aromatic carbocycles. The molecular weight excluding hydrogens is 210 g/mol. The number of pyridine rings is 1. The van der Waals surface area contributed by atoms with Crippen molar-refractivity contribution < 1.29 is 0 Å². The van der Waals surface area contributed by atoms with Crippen molar-refractivity contribution in [3.63, 3.8) is 0 Å². The van der Waals surface area contributed by atoms with Crippen LogP contribution in [0.25, 0.3) is 21.4 Å². The van der Waals surface area contributed by atoms with E-state index in [1.54, 1.807) is 6.33 Å². The molecule has 0 spiro atoms. The normalized spacial score (nSPS) is 11.3. The Bertz CT molecular complexity index is 638. The van der Waals surface area contributed by atoms with Gasteiger partial charge in [-0.15, -0.1) is 0 Å². The van der Waals surface area contributed by atoms with Crippen molar-refractivity contribution >= 4 is 38.5 Å². The quantitative estimate of drug-likeness (QED) is 0.671. The molecule has 15 heavy (non-hydrogen) atoms. The predicted molar refractivity (Wildman–Crippen MR) is 60.1 cm³/mol. The molecule has 6 heteroatoms. The summed E-state index contributed by atoms with van der Waals surface area (Å²) in [5.74, 6) is 0.788. The van der Waals surface area contributed by atoms with E-state index in [1.807, 2.05) is 18.7 Å². The van der Waals surface area contributed by atoms with Gasteiger partial charge in [-0.2, -0.15) is 0 Å². The molecule has 0 saturated heterocycles. The fourth-order valence-electron chi connectivity index (χ4n) is 1.65. The number of rotatable bonds is 1. The van der Waals surface area contributed by atoms with Crippen LogP contribution in [0, 0.1) is 5.51 Å². The molecule has 0 aliphatic heterocycles. The average molecular weight is 218 g/mol. The fraction of sp³-hybridized carbons (Fsp3) is 0.222. The Balaban J connectivity index is 2.61. The molecule has 1 radical (unpaired) electrons. The van der Waals surface area contributed by atoms with E-state index in [0.29, 0.717) is 0 Å². The summed E-state index contributed by atoms with van der Waals surface area (Å²) in [6.07, 6.45) is 1.77. The monoisotopic (exact) mass is 218 g/mol. The molecule has 5 nitrogen and oxygen atoms in total. The first-order valence-electron chi connectivity index (χ1n) is 4.46. The van der Waals surface area contributed by atoms with Crippen LogP contribution in [0.3, 0.4) is 0 Å². The van der Waals surface area contributed by atoms with Crippen LogP contribution in [0.2, 0.25) is 0 Å². The van der Waals surface area contributed by atoms with Crippen molar-refractivity contribution in [3.05, 3.63) is 11.8 Å². The van der Waals surface area contributed by atoms with E-state index in [4.69, 9.17) is 0 Å². The zero-order valence-corrected chi connectivity index (χ0v) is 9.09. The second-order valence-corrected chi connectivity index (χ2v) is 4.00. The predicted octanol–water partition coefficient (Wildman–Crippen LogP) is 1.42. The van der Waals surface area contributed by atoms with Gasteiger partial charge in [0.25, 0.3) is 0 Å². The third-order valence-electron chi connectivity index (χ3n) is 2.34. The molecule has 3 heterocycles. The topological polar surface area (TPSA) is 55.6 Å². The largest absolute Gasteiger partial charge is 0.371 e. The van der Waals surface area contributed by atoms with Crippen LogP contribution in [-0.4, -0.2) is 26.6 Å². The molecule has 0 aliphatic rings. The molecule has 0 unspecified atom stereocenters. The molecule has 0 aliphatic carbocycles. The molecular formula is C9H8N5S. The Morgan fingerprint density at radius 1 is 1.47 bits per heavy atom. The second kappa shape index (κ2) is 2.90. The fourth-order valence-corrected chi connectivity index (χ4v) is 2.25. The molecule has 3 rings (SSSR count). The maximum atomic E-state index is 4.43. The third kappa shape index (κ3) is 1.05. The number of imidazole rings is 1. The van der Waals surface area contributed by atoms with Gasteiger partial charge in [0, 0.05) is 14.1 Å². The Hall–Kier alpha value is -1.69. The number of thiazole rings is 1. The maximum Gasteiger partial charge on any atom is 0.155 e. The van der Waals surface area contributed by atoms with Crippen LogP contribution in [0.4, 0.5) is 5.82 Å². The lowest BCUT2D eigenvalue weighted by atomic mass is 10.3. The minimum Gasteiger partial charge on any atom is -0.371 e. The molecule has 0 amide bonds. The van der Waals surface area contributed by atoms with Gasteiger partial charge >= 0.3 is 0 Å². The Kier molecular flexibility index (Phi) is 1.66. The van der Waals surface area contributed by atoms with Crippen LogP contribution >= 0.6 is 11.3 Å². The van der Waals surface area contributed by atoms with Gasteiger partial charge in [0.2, 0.25) is 0 Å². The summed E-state index contributed by atoms with van der Waals surface area (Å²) in [4.78, 5) is 13.8. The smallest absolute Gasteiger partial charge is 0.155 e. The van der Waals surface area contributed by atoms with Crippen molar-refractivity contribution in [2.24, 2.45) is 7.05 Å². The first-order valence-corrected chi connectivity index (χ1v) is 5.28. The number of nitrogens with zero attached hydrogens (tertiary/aromatic N) is 4. The van der Waals surface area contributed by atoms with Crippen molar-refractivity contribution in [3.8, 4) is 0 Å². The van der Waals surface area contributed by atoms with Gasteiger partial charge in [-0.05, 0) is 0 Å². The van der Waals surface area contributed by atoms with E-state index >= 15 is 0 Å². The summed E-state index contributed by atoms with van der Waals surface area (Å²) in [5.41, 5.74) is 5.58. The van der Waals surface area contributed by atoms with Gasteiger partial charge < -0.3 is 9.88 Å². The first kappa shape index (κ1) is 8.60. The number of anilines is 1. The Morgan fingerprint density at radius 2 is 2.33 bits per heavy atom. The molecule has 0 bridgehead atoms. The van der Waals surface area contributed by atoms with E-state index in [2.05, 4.69) is 25.8 Å². The molecule has 1 N–H and O–H groups in total. The summed E-state index contributed by atoms with van der Waals surface area (Å²) in [6.45, 7) is 0. The molecule has 3 aromatic heterocycles. The number of aryl methyl sites for hydroxylation is 1. The Labute approximate surface area is 89.8 Å². The van der Waals surface area contributed by atoms with Gasteiger partial charge in [0.05, 0.1) is 6.33 Å². The van der Waals surface area contributed by atoms with Gasteiger partial charge in [0.15, 0.2) is 11.3 Å². The second-order valence-electron chi connectivity index (χ2n) is 3.22. The first-order chi connectivity index (χ1) is 7.31. The highest BCUT2D eigenvalue weighted by Crippen LogP contribution is 2.28. The standard InChI is InChI=1S/C9H8N5S/c1-10-8-5-7(14(2)3-11-5)6-9(13-8)15-4-12-6/h3H,1-2H3,(H,10,13). The third-order valence-corrected chi connectivity index (χ3v) is 3.00. The Morgan fingerprint density at radius 3 is 3.13 bits per heavy atom. The number of hydrogen-bond donors (Lipinski definition) is 1.